The van der Waals surface area contributed by atoms with Gasteiger partial charge in [0.15, 0.2) is 0 Å². The summed E-state index contributed by atoms with van der Waals surface area (Å²) in [7, 11) is -2.05. The molecule has 0 aromatic heterocycles. The first-order valence-corrected chi connectivity index (χ1v) is 9.12. The molecule has 0 unspecified atom stereocenters. The summed E-state index contributed by atoms with van der Waals surface area (Å²) in [4.78, 5) is 24.9. The van der Waals surface area contributed by atoms with Crippen LogP contribution in [0.5, 0.6) is 5.75 Å². The number of sulfonamides is 1. The van der Waals surface area contributed by atoms with Crippen molar-refractivity contribution in [2.75, 3.05) is 36.5 Å². The van der Waals surface area contributed by atoms with Gasteiger partial charge in [0.2, 0.25) is 10.0 Å². The predicted octanol–water partition coefficient (Wildman–Crippen LogP) is 0.419. The summed E-state index contributed by atoms with van der Waals surface area (Å²) in [6.07, 6.45) is 1.03. The van der Waals surface area contributed by atoms with Crippen molar-refractivity contribution >= 4 is 33.3 Å². The lowest BCUT2D eigenvalue weighted by Gasteiger charge is -2.20. The lowest BCUT2D eigenvalue weighted by molar-refractivity contribution is -0.128. The molecule has 1 aromatic carbocycles. The molecule has 2 rings (SSSR count). The van der Waals surface area contributed by atoms with Gasteiger partial charge in [-0.1, -0.05) is 0 Å². The molecule has 0 aliphatic carbocycles. The normalized spacial score (nSPS) is 15.6. The monoisotopic (exact) mass is 356 g/mol. The summed E-state index contributed by atoms with van der Waals surface area (Å²) in [6, 6.07) is 3.68. The summed E-state index contributed by atoms with van der Waals surface area (Å²) in [6.45, 7) is 2.39. The minimum absolute atomic E-state index is 0.253. The number of rotatable bonds is 6. The van der Waals surface area contributed by atoms with Crippen LogP contribution in [-0.4, -0.2) is 57.8 Å². The highest BCUT2D eigenvalue weighted by molar-refractivity contribution is 7.92. The van der Waals surface area contributed by atoms with Crippen molar-refractivity contribution in [2.45, 2.75) is 13.0 Å². The molecule has 1 aromatic rings. The average molecular weight is 356 g/mol. The Kier molecular flexibility index (Phi) is 5.17. The van der Waals surface area contributed by atoms with E-state index in [1.807, 2.05) is 0 Å². The standard InChI is InChI=1S/C14H20N4O5S/c1-9(13(19)18-7-6-15-14(18)20)16-10-4-5-12(23-2)11(8-10)17-24(3,21)22/h4-5,8-9,16-17H,6-7H2,1-3H3,(H,15,20)/t9-/m1/s1. The van der Waals surface area contributed by atoms with Gasteiger partial charge in [0.1, 0.15) is 11.8 Å². The maximum Gasteiger partial charge on any atom is 0.324 e. The van der Waals surface area contributed by atoms with E-state index < -0.39 is 22.1 Å². The maximum atomic E-state index is 12.3. The summed E-state index contributed by atoms with van der Waals surface area (Å²) < 4.78 is 30.3. The van der Waals surface area contributed by atoms with Crippen LogP contribution in [0.2, 0.25) is 0 Å². The molecule has 0 radical (unpaired) electrons. The summed E-state index contributed by atoms with van der Waals surface area (Å²) >= 11 is 0. The van der Waals surface area contributed by atoms with E-state index in [2.05, 4.69) is 15.4 Å². The van der Waals surface area contributed by atoms with Gasteiger partial charge in [0.25, 0.3) is 5.91 Å². The van der Waals surface area contributed by atoms with Crippen molar-refractivity contribution < 1.29 is 22.7 Å². The second-order valence-electron chi connectivity index (χ2n) is 5.38. The van der Waals surface area contributed by atoms with E-state index in [0.717, 1.165) is 11.2 Å². The first kappa shape index (κ1) is 17.9. The van der Waals surface area contributed by atoms with E-state index in [9.17, 15) is 18.0 Å². The zero-order valence-corrected chi connectivity index (χ0v) is 14.4. The molecule has 3 amide bonds. The fraction of sp³-hybridized carbons (Fsp3) is 0.429. The molecule has 24 heavy (non-hydrogen) atoms. The number of nitrogens with zero attached hydrogens (tertiary/aromatic N) is 1. The number of anilines is 2. The van der Waals surface area contributed by atoms with E-state index in [4.69, 9.17) is 4.74 Å². The molecule has 10 heteroatoms. The van der Waals surface area contributed by atoms with Crippen LogP contribution in [0.1, 0.15) is 6.92 Å². The number of hydrogen-bond acceptors (Lipinski definition) is 6. The fourth-order valence-corrected chi connectivity index (χ4v) is 2.86. The zero-order chi connectivity index (χ0) is 17.9. The first-order chi connectivity index (χ1) is 11.2. The van der Waals surface area contributed by atoms with Crippen molar-refractivity contribution in [3.63, 3.8) is 0 Å². The Morgan fingerprint density at radius 3 is 2.67 bits per heavy atom. The Bertz CT molecular complexity index is 750. The van der Waals surface area contributed by atoms with E-state index >= 15 is 0 Å². The van der Waals surface area contributed by atoms with Crippen LogP contribution in [0.15, 0.2) is 18.2 Å². The van der Waals surface area contributed by atoms with Gasteiger partial charge in [-0.2, -0.15) is 0 Å². The van der Waals surface area contributed by atoms with E-state index in [-0.39, 0.29) is 11.6 Å². The fourth-order valence-electron chi connectivity index (χ4n) is 2.30. The van der Waals surface area contributed by atoms with Crippen molar-refractivity contribution in [2.24, 2.45) is 0 Å². The lowest BCUT2D eigenvalue weighted by Crippen LogP contribution is -2.43. The van der Waals surface area contributed by atoms with E-state index in [0.29, 0.717) is 24.5 Å². The van der Waals surface area contributed by atoms with Crippen LogP contribution in [0.3, 0.4) is 0 Å². The number of methoxy groups -OCH3 is 1. The molecule has 1 atom stereocenters. The highest BCUT2D eigenvalue weighted by atomic mass is 32.2. The maximum absolute atomic E-state index is 12.3. The zero-order valence-electron chi connectivity index (χ0n) is 13.6. The second kappa shape index (κ2) is 6.95. The highest BCUT2D eigenvalue weighted by Crippen LogP contribution is 2.29. The van der Waals surface area contributed by atoms with Gasteiger partial charge in [-0.3, -0.25) is 14.4 Å². The van der Waals surface area contributed by atoms with Crippen LogP contribution in [0, 0.1) is 0 Å². The number of hydrogen-bond donors (Lipinski definition) is 3. The van der Waals surface area contributed by atoms with Crippen LogP contribution in [0.4, 0.5) is 16.2 Å². The number of amides is 3. The van der Waals surface area contributed by atoms with Crippen LogP contribution in [-0.2, 0) is 14.8 Å². The Morgan fingerprint density at radius 2 is 2.12 bits per heavy atom. The van der Waals surface area contributed by atoms with Gasteiger partial charge in [-0.15, -0.1) is 0 Å². The molecule has 1 heterocycles. The molecule has 1 aliphatic rings. The molecule has 1 fully saturated rings. The Hall–Kier alpha value is -2.49. The van der Waals surface area contributed by atoms with E-state index in [1.54, 1.807) is 19.1 Å². The highest BCUT2D eigenvalue weighted by Gasteiger charge is 2.29. The summed E-state index contributed by atoms with van der Waals surface area (Å²) in [5.41, 5.74) is 0.769. The molecule has 1 saturated heterocycles. The number of urea groups is 1. The molecule has 9 nitrogen and oxygen atoms in total. The minimum atomic E-state index is -3.48. The smallest absolute Gasteiger partial charge is 0.324 e. The molecule has 0 saturated carbocycles. The number of carbonyl (C=O) groups excluding carboxylic acids is 2. The summed E-state index contributed by atoms with van der Waals surface area (Å²) in [5.74, 6) is -0.0117. The molecule has 0 spiro atoms. The van der Waals surface area contributed by atoms with Gasteiger partial charge in [0.05, 0.1) is 19.1 Å². The van der Waals surface area contributed by atoms with Crippen LogP contribution >= 0.6 is 0 Å². The Balaban J connectivity index is 2.15. The number of nitrogens with one attached hydrogen (secondary N) is 3. The molecule has 0 bridgehead atoms. The topological polar surface area (TPSA) is 117 Å². The van der Waals surface area contributed by atoms with Crippen molar-refractivity contribution in [1.82, 2.24) is 10.2 Å². The first-order valence-electron chi connectivity index (χ1n) is 7.23. The number of benzene rings is 1. The van der Waals surface area contributed by atoms with Gasteiger partial charge in [-0.05, 0) is 25.1 Å². The number of imide groups is 1. The SMILES string of the molecule is COc1ccc(N[C@H](C)C(=O)N2CCNC2=O)cc1NS(C)(=O)=O. The third-order valence-electron chi connectivity index (χ3n) is 3.37. The van der Waals surface area contributed by atoms with Gasteiger partial charge < -0.3 is 15.4 Å². The molecule has 3 N–H and O–H groups in total. The summed E-state index contributed by atoms with van der Waals surface area (Å²) in [5, 5.41) is 5.52. The number of carbonyl (C=O) groups is 2. The van der Waals surface area contributed by atoms with Gasteiger partial charge in [-0.25, -0.2) is 13.2 Å². The molecular formula is C14H20N4O5S. The number of ether oxygens (including phenoxy) is 1. The van der Waals surface area contributed by atoms with Gasteiger partial charge in [0, 0.05) is 18.8 Å². The quantitative estimate of drug-likeness (QED) is 0.680. The molecular weight excluding hydrogens is 336 g/mol. The van der Waals surface area contributed by atoms with Gasteiger partial charge >= 0.3 is 6.03 Å². The average Bonchev–Trinajstić information content (AvgIpc) is 2.91. The molecule has 132 valence electrons. The Labute approximate surface area is 140 Å². The second-order valence-corrected chi connectivity index (χ2v) is 7.13. The molecule has 1 aliphatic heterocycles. The minimum Gasteiger partial charge on any atom is -0.495 e. The van der Waals surface area contributed by atoms with Crippen molar-refractivity contribution in [3.8, 4) is 5.75 Å². The predicted molar refractivity (Wildman–Crippen MR) is 89.7 cm³/mol. The third-order valence-corrected chi connectivity index (χ3v) is 3.96. The van der Waals surface area contributed by atoms with Crippen molar-refractivity contribution in [1.29, 1.82) is 0 Å². The van der Waals surface area contributed by atoms with Crippen molar-refractivity contribution in [3.05, 3.63) is 18.2 Å². The largest absolute Gasteiger partial charge is 0.495 e. The van der Waals surface area contributed by atoms with Crippen LogP contribution < -0.4 is 20.1 Å². The third kappa shape index (κ3) is 4.28. The Morgan fingerprint density at radius 1 is 1.42 bits per heavy atom. The van der Waals surface area contributed by atoms with Crippen LogP contribution in [0.25, 0.3) is 0 Å². The lowest BCUT2D eigenvalue weighted by atomic mass is 10.2. The van der Waals surface area contributed by atoms with E-state index in [1.165, 1.54) is 13.2 Å².